The minimum atomic E-state index is -0.258. The molecule has 4 rings (SSSR count). The van der Waals surface area contributed by atoms with Gasteiger partial charge in [-0.05, 0) is 70.9 Å². The fraction of sp³-hybridized carbons (Fsp3) is 0.154. The third-order valence-electron chi connectivity index (χ3n) is 4.98. The van der Waals surface area contributed by atoms with Crippen LogP contribution in [0.4, 0.5) is 0 Å². The standard InChI is InChI=1S/C26H24BrN5O3S/c1-3-35-21-12-10-20(11-13-21)32-25(19-7-5-4-6-8-19)30-31-26(32)36-17-24(33)29-28-16-18-9-14-23(34-2)22(27)15-18/h4-16H,3,17H2,1-2H3,(H,29,33)/b28-16+. The van der Waals surface area contributed by atoms with Crippen LogP contribution in [0.5, 0.6) is 11.5 Å². The quantitative estimate of drug-likeness (QED) is 0.158. The van der Waals surface area contributed by atoms with Crippen molar-refractivity contribution in [2.24, 2.45) is 5.10 Å². The molecule has 1 amide bonds. The summed E-state index contributed by atoms with van der Waals surface area (Å²) in [4.78, 5) is 12.5. The van der Waals surface area contributed by atoms with Crippen molar-refractivity contribution in [1.29, 1.82) is 0 Å². The van der Waals surface area contributed by atoms with Crippen LogP contribution in [0.15, 0.2) is 87.5 Å². The van der Waals surface area contributed by atoms with Gasteiger partial charge in [0.25, 0.3) is 5.91 Å². The second-order valence-electron chi connectivity index (χ2n) is 7.41. The highest BCUT2D eigenvalue weighted by Gasteiger charge is 2.17. The van der Waals surface area contributed by atoms with Crippen LogP contribution >= 0.6 is 27.7 Å². The summed E-state index contributed by atoms with van der Waals surface area (Å²) in [6.45, 7) is 2.54. The van der Waals surface area contributed by atoms with E-state index in [0.29, 0.717) is 17.6 Å². The van der Waals surface area contributed by atoms with Crippen LogP contribution in [-0.4, -0.2) is 46.4 Å². The highest BCUT2D eigenvalue weighted by Crippen LogP contribution is 2.29. The van der Waals surface area contributed by atoms with E-state index in [1.54, 1.807) is 13.3 Å². The van der Waals surface area contributed by atoms with Gasteiger partial charge in [-0.2, -0.15) is 5.10 Å². The summed E-state index contributed by atoms with van der Waals surface area (Å²) >= 11 is 4.72. The van der Waals surface area contributed by atoms with Crippen LogP contribution in [0.1, 0.15) is 12.5 Å². The lowest BCUT2D eigenvalue weighted by Crippen LogP contribution is -2.20. The first-order valence-electron chi connectivity index (χ1n) is 11.1. The van der Waals surface area contributed by atoms with E-state index in [1.165, 1.54) is 11.8 Å². The molecule has 4 aromatic rings. The number of rotatable bonds is 10. The average Bonchev–Trinajstić information content (AvgIpc) is 3.33. The van der Waals surface area contributed by atoms with E-state index in [4.69, 9.17) is 9.47 Å². The van der Waals surface area contributed by atoms with Crippen LogP contribution in [0, 0.1) is 0 Å². The molecule has 10 heteroatoms. The van der Waals surface area contributed by atoms with Gasteiger partial charge in [0, 0.05) is 11.3 Å². The molecular formula is C26H24BrN5O3S. The number of nitrogens with one attached hydrogen (secondary N) is 1. The minimum Gasteiger partial charge on any atom is -0.496 e. The zero-order valence-electron chi connectivity index (χ0n) is 19.7. The first kappa shape index (κ1) is 25.5. The molecule has 1 heterocycles. The highest BCUT2D eigenvalue weighted by atomic mass is 79.9. The lowest BCUT2D eigenvalue weighted by molar-refractivity contribution is -0.118. The maximum atomic E-state index is 12.5. The van der Waals surface area contributed by atoms with Crippen LogP contribution in [0.3, 0.4) is 0 Å². The number of halogens is 1. The number of hydrazone groups is 1. The summed E-state index contributed by atoms with van der Waals surface area (Å²) < 4.78 is 13.5. The zero-order chi connectivity index (χ0) is 25.3. The lowest BCUT2D eigenvalue weighted by Gasteiger charge is -2.11. The first-order chi connectivity index (χ1) is 17.6. The van der Waals surface area contributed by atoms with Crippen molar-refractivity contribution in [2.75, 3.05) is 19.5 Å². The molecule has 184 valence electrons. The average molecular weight is 566 g/mol. The fourth-order valence-electron chi connectivity index (χ4n) is 3.33. The number of aromatic nitrogens is 3. The van der Waals surface area contributed by atoms with E-state index < -0.39 is 0 Å². The van der Waals surface area contributed by atoms with E-state index in [-0.39, 0.29) is 11.7 Å². The molecule has 0 aliphatic rings. The van der Waals surface area contributed by atoms with Crippen LogP contribution in [-0.2, 0) is 4.79 Å². The largest absolute Gasteiger partial charge is 0.496 e. The van der Waals surface area contributed by atoms with Crippen molar-refractivity contribution in [2.45, 2.75) is 12.1 Å². The number of methoxy groups -OCH3 is 1. The molecule has 36 heavy (non-hydrogen) atoms. The van der Waals surface area contributed by atoms with Gasteiger partial charge in [0.2, 0.25) is 0 Å². The van der Waals surface area contributed by atoms with Crippen molar-refractivity contribution in [1.82, 2.24) is 20.2 Å². The maximum Gasteiger partial charge on any atom is 0.250 e. The lowest BCUT2D eigenvalue weighted by atomic mass is 10.2. The van der Waals surface area contributed by atoms with E-state index in [2.05, 4.69) is 36.7 Å². The number of thioether (sulfide) groups is 1. The molecule has 1 aromatic heterocycles. The second-order valence-corrected chi connectivity index (χ2v) is 9.21. The summed E-state index contributed by atoms with van der Waals surface area (Å²) in [5.74, 6) is 2.05. The Kier molecular flexibility index (Phi) is 8.75. The summed E-state index contributed by atoms with van der Waals surface area (Å²) in [6.07, 6.45) is 1.57. The molecule has 8 nitrogen and oxygen atoms in total. The molecule has 0 fully saturated rings. The van der Waals surface area contributed by atoms with Gasteiger partial charge < -0.3 is 9.47 Å². The third-order valence-corrected chi connectivity index (χ3v) is 6.53. The van der Waals surface area contributed by atoms with Gasteiger partial charge >= 0.3 is 0 Å². The van der Waals surface area contributed by atoms with Crippen LogP contribution in [0.25, 0.3) is 17.1 Å². The Bertz CT molecular complexity index is 1340. The Morgan fingerprint density at radius 1 is 1.11 bits per heavy atom. The maximum absolute atomic E-state index is 12.5. The first-order valence-corrected chi connectivity index (χ1v) is 12.9. The number of amides is 1. The predicted molar refractivity (Wildman–Crippen MR) is 145 cm³/mol. The number of benzene rings is 3. The molecule has 0 saturated heterocycles. The van der Waals surface area contributed by atoms with Gasteiger partial charge in [0.15, 0.2) is 11.0 Å². The molecular weight excluding hydrogens is 542 g/mol. The molecule has 0 aliphatic carbocycles. The third kappa shape index (κ3) is 6.32. The molecule has 0 radical (unpaired) electrons. The highest BCUT2D eigenvalue weighted by molar-refractivity contribution is 9.10. The summed E-state index contributed by atoms with van der Waals surface area (Å²) in [5.41, 5.74) is 5.17. The van der Waals surface area contributed by atoms with Gasteiger partial charge in [0.1, 0.15) is 11.5 Å². The topological polar surface area (TPSA) is 90.6 Å². The molecule has 0 aliphatic heterocycles. The Hall–Kier alpha value is -3.63. The van der Waals surface area contributed by atoms with Crippen molar-refractivity contribution in [3.8, 4) is 28.6 Å². The number of nitrogens with zero attached hydrogens (tertiary/aromatic N) is 4. The Balaban J connectivity index is 1.48. The number of carbonyl (C=O) groups excluding carboxylic acids is 1. The van der Waals surface area contributed by atoms with Crippen molar-refractivity contribution in [3.05, 3.63) is 82.8 Å². The summed E-state index contributed by atoms with van der Waals surface area (Å²) in [5, 5.41) is 13.4. The van der Waals surface area contributed by atoms with Gasteiger partial charge in [-0.25, -0.2) is 5.43 Å². The molecule has 3 aromatic carbocycles. The smallest absolute Gasteiger partial charge is 0.250 e. The van der Waals surface area contributed by atoms with E-state index in [1.807, 2.05) is 84.3 Å². The number of hydrogen-bond donors (Lipinski definition) is 1. The summed E-state index contributed by atoms with van der Waals surface area (Å²) in [7, 11) is 1.60. The Labute approximate surface area is 221 Å². The molecule has 1 N–H and O–H groups in total. The van der Waals surface area contributed by atoms with Gasteiger partial charge in [-0.1, -0.05) is 42.1 Å². The Morgan fingerprint density at radius 3 is 2.58 bits per heavy atom. The molecule has 0 atom stereocenters. The number of carbonyl (C=O) groups is 1. The molecule has 0 unspecified atom stereocenters. The zero-order valence-corrected chi connectivity index (χ0v) is 22.1. The molecule has 0 bridgehead atoms. The predicted octanol–water partition coefficient (Wildman–Crippen LogP) is 5.35. The number of ether oxygens (including phenoxy) is 2. The molecule has 0 spiro atoms. The molecule has 0 saturated carbocycles. The van der Waals surface area contributed by atoms with E-state index >= 15 is 0 Å². The minimum absolute atomic E-state index is 0.119. The normalized spacial score (nSPS) is 11.0. The fourth-order valence-corrected chi connectivity index (χ4v) is 4.64. The monoisotopic (exact) mass is 565 g/mol. The van der Waals surface area contributed by atoms with E-state index in [9.17, 15) is 4.79 Å². The van der Waals surface area contributed by atoms with Crippen molar-refractivity contribution >= 4 is 39.8 Å². The second kappa shape index (κ2) is 12.4. The van der Waals surface area contributed by atoms with Crippen LogP contribution < -0.4 is 14.9 Å². The SMILES string of the molecule is CCOc1ccc(-n2c(SCC(=O)N/N=C/c3ccc(OC)c(Br)c3)nnc2-c2ccccc2)cc1. The van der Waals surface area contributed by atoms with E-state index in [0.717, 1.165) is 32.8 Å². The Morgan fingerprint density at radius 2 is 1.89 bits per heavy atom. The van der Waals surface area contributed by atoms with Crippen molar-refractivity contribution < 1.29 is 14.3 Å². The number of hydrogen-bond acceptors (Lipinski definition) is 7. The summed E-state index contributed by atoms with van der Waals surface area (Å²) in [6, 6.07) is 23.0. The van der Waals surface area contributed by atoms with Gasteiger partial charge in [-0.3, -0.25) is 9.36 Å². The van der Waals surface area contributed by atoms with Gasteiger partial charge in [-0.15, -0.1) is 10.2 Å². The van der Waals surface area contributed by atoms with Crippen molar-refractivity contribution in [3.63, 3.8) is 0 Å². The van der Waals surface area contributed by atoms with Crippen LogP contribution in [0.2, 0.25) is 0 Å². The van der Waals surface area contributed by atoms with Gasteiger partial charge in [0.05, 0.1) is 30.2 Å².